The molecule has 5 heteroatoms. The van der Waals surface area contributed by atoms with Gasteiger partial charge < -0.3 is 10.2 Å². The third kappa shape index (κ3) is 5.05. The van der Waals surface area contributed by atoms with E-state index in [0.29, 0.717) is 6.54 Å². The van der Waals surface area contributed by atoms with E-state index >= 15 is 0 Å². The molecule has 1 aliphatic rings. The smallest absolute Gasteiger partial charge is 0.252 e. The van der Waals surface area contributed by atoms with Crippen LogP contribution in [0.5, 0.6) is 0 Å². The van der Waals surface area contributed by atoms with Crippen LogP contribution in [0.3, 0.4) is 0 Å². The molecule has 5 nitrogen and oxygen atoms in total. The zero-order valence-electron chi connectivity index (χ0n) is 16.0. The van der Waals surface area contributed by atoms with Crippen LogP contribution in [0, 0.1) is 13.8 Å². The van der Waals surface area contributed by atoms with Crippen molar-refractivity contribution in [2.75, 3.05) is 32.7 Å². The molecule has 0 atom stereocenters. The lowest BCUT2D eigenvalue weighted by molar-refractivity contribution is -0.132. The van der Waals surface area contributed by atoms with Crippen LogP contribution in [0.25, 0.3) is 0 Å². The number of hydrogen-bond acceptors (Lipinski definition) is 3. The van der Waals surface area contributed by atoms with Gasteiger partial charge in [0.2, 0.25) is 5.91 Å². The van der Waals surface area contributed by atoms with E-state index in [1.54, 1.807) is 0 Å². The number of carbonyl (C=O) groups excluding carboxylic acids is 2. The zero-order chi connectivity index (χ0) is 18.4. The Labute approximate surface area is 151 Å². The molecule has 138 valence electrons. The van der Waals surface area contributed by atoms with Crippen molar-refractivity contribution in [3.63, 3.8) is 0 Å². The number of rotatable bonds is 6. The number of carbonyl (C=O) groups is 2. The fraction of sp³-hybridized carbons (Fsp3) is 0.600. The van der Waals surface area contributed by atoms with Gasteiger partial charge in [-0.05, 0) is 51.7 Å². The molecule has 0 aromatic heterocycles. The predicted molar refractivity (Wildman–Crippen MR) is 101 cm³/mol. The Morgan fingerprint density at radius 3 is 2.20 bits per heavy atom. The maximum atomic E-state index is 12.6. The minimum Gasteiger partial charge on any atom is -0.349 e. The molecule has 0 spiro atoms. The van der Waals surface area contributed by atoms with E-state index in [4.69, 9.17) is 0 Å². The summed E-state index contributed by atoms with van der Waals surface area (Å²) in [6, 6.07) is 6.12. The van der Waals surface area contributed by atoms with Gasteiger partial charge in [0.15, 0.2) is 0 Å². The first-order chi connectivity index (χ1) is 12.0. The lowest BCUT2D eigenvalue weighted by Gasteiger charge is -2.33. The molecule has 2 amide bonds. The van der Waals surface area contributed by atoms with E-state index in [1.165, 1.54) is 0 Å². The van der Waals surface area contributed by atoms with Crippen molar-refractivity contribution in [2.24, 2.45) is 0 Å². The van der Waals surface area contributed by atoms with E-state index in [-0.39, 0.29) is 17.9 Å². The summed E-state index contributed by atoms with van der Waals surface area (Å²) in [7, 11) is 0. The highest BCUT2D eigenvalue weighted by Crippen LogP contribution is 2.16. The van der Waals surface area contributed by atoms with Crippen LogP contribution in [0.1, 0.15) is 48.2 Å². The summed E-state index contributed by atoms with van der Waals surface area (Å²) < 4.78 is 0. The normalized spacial score (nSPS) is 15.8. The number of likely N-dealkylation sites (N-methyl/N-ethyl adjacent to an activating group) is 1. The first-order valence-corrected chi connectivity index (χ1v) is 9.33. The third-order valence-corrected chi connectivity index (χ3v) is 5.11. The van der Waals surface area contributed by atoms with Gasteiger partial charge in [0, 0.05) is 37.8 Å². The largest absolute Gasteiger partial charge is 0.349 e. The fourth-order valence-corrected chi connectivity index (χ4v) is 3.53. The molecular weight excluding hydrogens is 314 g/mol. The predicted octanol–water partition coefficient (Wildman–Crippen LogP) is 2.37. The Hall–Kier alpha value is -1.88. The first-order valence-electron chi connectivity index (χ1n) is 9.33. The maximum Gasteiger partial charge on any atom is 0.252 e. The van der Waals surface area contributed by atoms with Crippen LogP contribution in [0.4, 0.5) is 0 Å². The van der Waals surface area contributed by atoms with Crippen LogP contribution >= 0.6 is 0 Å². The van der Waals surface area contributed by atoms with Crippen molar-refractivity contribution in [2.45, 2.75) is 46.6 Å². The molecule has 0 saturated carbocycles. The summed E-state index contributed by atoms with van der Waals surface area (Å²) in [5, 5.41) is 3.17. The molecule has 1 aromatic carbocycles. The molecule has 2 rings (SSSR count). The van der Waals surface area contributed by atoms with Gasteiger partial charge in [0.1, 0.15) is 0 Å². The summed E-state index contributed by atoms with van der Waals surface area (Å²) in [4.78, 5) is 28.9. The number of amides is 2. The van der Waals surface area contributed by atoms with Crippen molar-refractivity contribution in [3.8, 4) is 0 Å². The van der Waals surface area contributed by atoms with Gasteiger partial charge in [-0.15, -0.1) is 0 Å². The lowest BCUT2D eigenvalue weighted by Crippen LogP contribution is -2.48. The van der Waals surface area contributed by atoms with E-state index < -0.39 is 0 Å². The number of piperidine rings is 1. The van der Waals surface area contributed by atoms with Crippen molar-refractivity contribution >= 4 is 11.8 Å². The molecule has 0 radical (unpaired) electrons. The van der Waals surface area contributed by atoms with Gasteiger partial charge in [-0.3, -0.25) is 14.5 Å². The summed E-state index contributed by atoms with van der Waals surface area (Å²) in [6.45, 7) is 11.7. The number of nitrogens with zero attached hydrogens (tertiary/aromatic N) is 2. The molecule has 1 heterocycles. The first kappa shape index (κ1) is 19.4. The lowest BCUT2D eigenvalue weighted by atomic mass is 10.00. The highest BCUT2D eigenvalue weighted by Gasteiger charge is 2.24. The van der Waals surface area contributed by atoms with Crippen molar-refractivity contribution in [1.29, 1.82) is 0 Å². The summed E-state index contributed by atoms with van der Waals surface area (Å²) >= 11 is 0. The summed E-state index contributed by atoms with van der Waals surface area (Å²) in [6.07, 6.45) is 1.78. The molecule has 1 fully saturated rings. The minimum absolute atomic E-state index is 0.0215. The summed E-state index contributed by atoms with van der Waals surface area (Å²) in [5.74, 6) is 0.219. The van der Waals surface area contributed by atoms with Crippen LogP contribution in [0.2, 0.25) is 0 Å². The second-order valence-electron chi connectivity index (χ2n) is 6.86. The van der Waals surface area contributed by atoms with E-state index in [2.05, 4.69) is 10.2 Å². The second-order valence-corrected chi connectivity index (χ2v) is 6.86. The monoisotopic (exact) mass is 345 g/mol. The van der Waals surface area contributed by atoms with Crippen molar-refractivity contribution < 1.29 is 9.59 Å². The van der Waals surface area contributed by atoms with Crippen molar-refractivity contribution in [3.05, 3.63) is 34.9 Å². The highest BCUT2D eigenvalue weighted by atomic mass is 16.2. The number of likely N-dealkylation sites (tertiary alicyclic amines) is 1. The van der Waals surface area contributed by atoms with Gasteiger partial charge >= 0.3 is 0 Å². The fourth-order valence-electron chi connectivity index (χ4n) is 3.53. The van der Waals surface area contributed by atoms with Crippen LogP contribution in [0.15, 0.2) is 18.2 Å². The zero-order valence-corrected chi connectivity index (χ0v) is 16.0. The van der Waals surface area contributed by atoms with Gasteiger partial charge in [0.25, 0.3) is 5.91 Å². The van der Waals surface area contributed by atoms with Gasteiger partial charge in [0.05, 0.1) is 6.54 Å². The van der Waals surface area contributed by atoms with E-state index in [1.807, 2.05) is 50.8 Å². The minimum atomic E-state index is 0.0215. The highest BCUT2D eigenvalue weighted by molar-refractivity contribution is 5.97. The topological polar surface area (TPSA) is 52.7 Å². The number of aryl methyl sites for hydroxylation is 2. The SMILES string of the molecule is CCN(CC)C(=O)CN1CCC(NC(=O)c2c(C)cccc2C)CC1. The Bertz CT molecular complexity index is 583. The van der Waals surface area contributed by atoms with Crippen LogP contribution in [-0.2, 0) is 4.79 Å². The van der Waals surface area contributed by atoms with Gasteiger partial charge in [-0.2, -0.15) is 0 Å². The quantitative estimate of drug-likeness (QED) is 0.861. The number of benzene rings is 1. The summed E-state index contributed by atoms with van der Waals surface area (Å²) in [5.41, 5.74) is 2.82. The van der Waals surface area contributed by atoms with Gasteiger partial charge in [-0.25, -0.2) is 0 Å². The number of nitrogens with one attached hydrogen (secondary N) is 1. The third-order valence-electron chi connectivity index (χ3n) is 5.11. The Morgan fingerprint density at radius 1 is 1.12 bits per heavy atom. The Balaban J connectivity index is 1.84. The van der Waals surface area contributed by atoms with Crippen LogP contribution < -0.4 is 5.32 Å². The Kier molecular flexibility index (Phi) is 7.00. The maximum absolute atomic E-state index is 12.6. The molecule has 25 heavy (non-hydrogen) atoms. The Morgan fingerprint density at radius 2 is 1.68 bits per heavy atom. The molecule has 0 aliphatic carbocycles. The van der Waals surface area contributed by atoms with Crippen LogP contribution in [-0.4, -0.2) is 60.4 Å². The average molecular weight is 345 g/mol. The molecule has 0 unspecified atom stereocenters. The molecule has 0 bridgehead atoms. The molecule has 1 aromatic rings. The van der Waals surface area contributed by atoms with Crippen molar-refractivity contribution in [1.82, 2.24) is 15.1 Å². The average Bonchev–Trinajstić information content (AvgIpc) is 2.57. The second kappa shape index (κ2) is 8.99. The molecule has 1 saturated heterocycles. The molecular formula is C20H31N3O2. The molecule has 1 aliphatic heterocycles. The standard InChI is InChI=1S/C20H31N3O2/c1-5-23(6-2)18(24)14-22-12-10-17(11-13-22)21-20(25)19-15(3)8-7-9-16(19)4/h7-9,17H,5-6,10-14H2,1-4H3,(H,21,25). The number of hydrogen-bond donors (Lipinski definition) is 1. The van der Waals surface area contributed by atoms with E-state index in [9.17, 15) is 9.59 Å². The van der Waals surface area contributed by atoms with E-state index in [0.717, 1.165) is 55.7 Å². The molecule has 1 N–H and O–H groups in total. The van der Waals surface area contributed by atoms with Gasteiger partial charge in [-0.1, -0.05) is 18.2 Å².